The van der Waals surface area contributed by atoms with Crippen LogP contribution in [0.1, 0.15) is 44.4 Å². The summed E-state index contributed by atoms with van der Waals surface area (Å²) in [4.78, 5) is 0. The van der Waals surface area contributed by atoms with E-state index in [2.05, 4.69) is 68.6 Å². The van der Waals surface area contributed by atoms with Crippen LogP contribution < -0.4 is 5.73 Å². The average Bonchev–Trinajstić information content (AvgIpc) is 2.42. The van der Waals surface area contributed by atoms with Crippen LogP contribution in [0.2, 0.25) is 0 Å². The van der Waals surface area contributed by atoms with E-state index in [1.165, 1.54) is 23.3 Å². The van der Waals surface area contributed by atoms with E-state index in [0.29, 0.717) is 10.5 Å². The van der Waals surface area contributed by atoms with Crippen molar-refractivity contribution in [2.45, 2.75) is 55.4 Å². The summed E-state index contributed by atoms with van der Waals surface area (Å²) < 4.78 is 0. The maximum absolute atomic E-state index is 6.47. The van der Waals surface area contributed by atoms with Gasteiger partial charge in [0.15, 0.2) is 0 Å². The third kappa shape index (κ3) is 3.93. The molecule has 0 aliphatic carbocycles. The SMILES string of the molecule is CCCc1ccc(C(N)C2CSC(C)C(C)S2)cc1. The van der Waals surface area contributed by atoms with Crippen molar-refractivity contribution >= 4 is 23.5 Å². The lowest BCUT2D eigenvalue weighted by atomic mass is 10.0. The van der Waals surface area contributed by atoms with E-state index in [-0.39, 0.29) is 6.04 Å². The molecule has 0 radical (unpaired) electrons. The molecule has 1 saturated heterocycles. The zero-order valence-electron chi connectivity index (χ0n) is 12.1. The fourth-order valence-electron chi connectivity index (χ4n) is 2.41. The van der Waals surface area contributed by atoms with Crippen LogP contribution in [0.3, 0.4) is 0 Å². The Balaban J connectivity index is 2.00. The Bertz CT molecular complexity index is 390. The molecule has 2 N–H and O–H groups in total. The second-order valence-corrected chi connectivity index (χ2v) is 8.47. The highest BCUT2D eigenvalue weighted by atomic mass is 32.2. The molecule has 4 unspecified atom stereocenters. The van der Waals surface area contributed by atoms with Gasteiger partial charge >= 0.3 is 0 Å². The summed E-state index contributed by atoms with van der Waals surface area (Å²) in [6.45, 7) is 6.87. The summed E-state index contributed by atoms with van der Waals surface area (Å²) in [6.07, 6.45) is 2.37. The van der Waals surface area contributed by atoms with Crippen molar-refractivity contribution in [3.8, 4) is 0 Å². The summed E-state index contributed by atoms with van der Waals surface area (Å²) in [5, 5.41) is 2.00. The number of thioether (sulfide) groups is 2. The zero-order valence-corrected chi connectivity index (χ0v) is 13.8. The first-order valence-electron chi connectivity index (χ1n) is 7.23. The van der Waals surface area contributed by atoms with Crippen molar-refractivity contribution in [1.82, 2.24) is 0 Å². The molecule has 0 bridgehead atoms. The number of hydrogen-bond donors (Lipinski definition) is 1. The third-order valence-electron chi connectivity index (χ3n) is 3.88. The van der Waals surface area contributed by atoms with E-state index < -0.39 is 0 Å². The van der Waals surface area contributed by atoms with E-state index in [4.69, 9.17) is 5.73 Å². The highest BCUT2D eigenvalue weighted by Gasteiger charge is 2.30. The van der Waals surface area contributed by atoms with Crippen molar-refractivity contribution < 1.29 is 0 Å². The lowest BCUT2D eigenvalue weighted by Crippen LogP contribution is -2.34. The summed E-state index contributed by atoms with van der Waals surface area (Å²) in [5.74, 6) is 1.17. The van der Waals surface area contributed by atoms with Crippen LogP contribution in [0.5, 0.6) is 0 Å². The average molecular weight is 296 g/mol. The summed E-state index contributed by atoms with van der Waals surface area (Å²) in [5.41, 5.74) is 9.18. The van der Waals surface area contributed by atoms with Crippen LogP contribution in [0.25, 0.3) is 0 Å². The molecule has 0 amide bonds. The Morgan fingerprint density at radius 1 is 1.21 bits per heavy atom. The Labute approximate surface area is 126 Å². The monoisotopic (exact) mass is 295 g/mol. The van der Waals surface area contributed by atoms with Gasteiger partial charge in [0, 0.05) is 27.5 Å². The maximum Gasteiger partial charge on any atom is 0.0423 e. The second-order valence-electron chi connectivity index (χ2n) is 5.44. The van der Waals surface area contributed by atoms with Crippen LogP contribution >= 0.6 is 23.5 Å². The molecule has 1 aliphatic heterocycles. The van der Waals surface area contributed by atoms with Gasteiger partial charge in [-0.05, 0) is 17.5 Å². The topological polar surface area (TPSA) is 26.0 Å². The maximum atomic E-state index is 6.47. The fourth-order valence-corrected chi connectivity index (χ4v) is 5.45. The molecule has 106 valence electrons. The smallest absolute Gasteiger partial charge is 0.0423 e. The fraction of sp³-hybridized carbons (Fsp3) is 0.625. The minimum atomic E-state index is 0.170. The zero-order chi connectivity index (χ0) is 13.8. The molecule has 19 heavy (non-hydrogen) atoms. The number of rotatable bonds is 4. The van der Waals surface area contributed by atoms with Gasteiger partial charge in [0.05, 0.1) is 0 Å². The van der Waals surface area contributed by atoms with Crippen LogP contribution in [0.4, 0.5) is 0 Å². The van der Waals surface area contributed by atoms with Gasteiger partial charge in [0.25, 0.3) is 0 Å². The Morgan fingerprint density at radius 3 is 2.47 bits per heavy atom. The van der Waals surface area contributed by atoms with E-state index in [1.807, 2.05) is 0 Å². The van der Waals surface area contributed by atoms with Crippen LogP contribution in [-0.4, -0.2) is 21.5 Å². The van der Waals surface area contributed by atoms with Gasteiger partial charge in [0.2, 0.25) is 0 Å². The third-order valence-corrected chi connectivity index (χ3v) is 7.39. The standard InChI is InChI=1S/C16H25NS2/c1-4-5-13-6-8-14(9-7-13)16(17)15-10-18-11(2)12(3)19-15/h6-9,11-12,15-16H,4-5,10,17H2,1-3H3. The summed E-state index contributed by atoms with van der Waals surface area (Å²) in [6, 6.07) is 9.10. The number of aryl methyl sites for hydroxylation is 1. The summed E-state index contributed by atoms with van der Waals surface area (Å²) >= 11 is 4.13. The molecule has 4 atom stereocenters. The molecular formula is C16H25NS2. The first kappa shape index (κ1) is 15.3. The Kier molecular flexibility index (Phi) is 5.67. The molecule has 2 rings (SSSR count). The molecular weight excluding hydrogens is 270 g/mol. The van der Waals surface area contributed by atoms with Gasteiger partial charge < -0.3 is 5.73 Å². The van der Waals surface area contributed by atoms with Gasteiger partial charge in [-0.15, -0.1) is 0 Å². The molecule has 0 spiro atoms. The minimum absolute atomic E-state index is 0.170. The van der Waals surface area contributed by atoms with E-state index in [9.17, 15) is 0 Å². The minimum Gasteiger partial charge on any atom is -0.323 e. The van der Waals surface area contributed by atoms with Gasteiger partial charge in [-0.2, -0.15) is 23.5 Å². The largest absolute Gasteiger partial charge is 0.323 e. The first-order valence-corrected chi connectivity index (χ1v) is 9.22. The predicted octanol–water partition coefficient (Wildman–Crippen LogP) is 4.26. The van der Waals surface area contributed by atoms with Crippen molar-refractivity contribution in [1.29, 1.82) is 0 Å². The predicted molar refractivity (Wildman–Crippen MR) is 90.1 cm³/mol. The molecule has 1 aromatic rings. The molecule has 1 aromatic carbocycles. The molecule has 1 fully saturated rings. The Morgan fingerprint density at radius 2 is 1.89 bits per heavy atom. The summed E-state index contributed by atoms with van der Waals surface area (Å²) in [7, 11) is 0. The van der Waals surface area contributed by atoms with Gasteiger partial charge in [-0.1, -0.05) is 51.5 Å². The number of nitrogens with two attached hydrogens (primary N) is 1. The van der Waals surface area contributed by atoms with Crippen molar-refractivity contribution in [3.63, 3.8) is 0 Å². The lowest BCUT2D eigenvalue weighted by Gasteiger charge is -2.34. The van der Waals surface area contributed by atoms with Gasteiger partial charge in [-0.25, -0.2) is 0 Å². The van der Waals surface area contributed by atoms with Crippen molar-refractivity contribution in [3.05, 3.63) is 35.4 Å². The first-order chi connectivity index (χ1) is 9.11. The van der Waals surface area contributed by atoms with E-state index in [0.717, 1.165) is 11.7 Å². The molecule has 0 aromatic heterocycles. The van der Waals surface area contributed by atoms with Gasteiger partial charge in [0.1, 0.15) is 0 Å². The highest BCUT2D eigenvalue weighted by Crippen LogP contribution is 2.40. The van der Waals surface area contributed by atoms with Crippen LogP contribution in [-0.2, 0) is 6.42 Å². The normalized spacial score (nSPS) is 29.2. The van der Waals surface area contributed by atoms with Crippen LogP contribution in [0, 0.1) is 0 Å². The van der Waals surface area contributed by atoms with E-state index >= 15 is 0 Å². The molecule has 1 nitrogen and oxygen atoms in total. The van der Waals surface area contributed by atoms with Crippen molar-refractivity contribution in [2.24, 2.45) is 5.73 Å². The van der Waals surface area contributed by atoms with Crippen molar-refractivity contribution in [2.75, 3.05) is 5.75 Å². The molecule has 1 aliphatic rings. The Hall–Kier alpha value is -0.120. The molecule has 0 saturated carbocycles. The number of hydrogen-bond acceptors (Lipinski definition) is 3. The highest BCUT2D eigenvalue weighted by molar-refractivity contribution is 8.07. The quantitative estimate of drug-likeness (QED) is 0.898. The number of benzene rings is 1. The van der Waals surface area contributed by atoms with Crippen LogP contribution in [0.15, 0.2) is 24.3 Å². The second kappa shape index (κ2) is 7.05. The lowest BCUT2D eigenvalue weighted by molar-refractivity contribution is 0.707. The van der Waals surface area contributed by atoms with E-state index in [1.54, 1.807) is 0 Å². The molecule has 3 heteroatoms. The van der Waals surface area contributed by atoms with Gasteiger partial charge in [-0.3, -0.25) is 0 Å². The molecule has 1 heterocycles.